The van der Waals surface area contributed by atoms with Crippen LogP contribution in [0.15, 0.2) is 35.2 Å². The van der Waals surface area contributed by atoms with Gasteiger partial charge in [-0.25, -0.2) is 0 Å². The van der Waals surface area contributed by atoms with Crippen molar-refractivity contribution in [2.45, 2.75) is 58.2 Å². The fourth-order valence-corrected chi connectivity index (χ4v) is 5.34. The maximum atomic E-state index is 12.2. The topological polar surface area (TPSA) is 36.0 Å². The van der Waals surface area contributed by atoms with E-state index < -0.39 is 0 Å². The lowest BCUT2D eigenvalue weighted by molar-refractivity contribution is -0.146. The molecule has 0 N–H and O–H groups in total. The van der Waals surface area contributed by atoms with Crippen molar-refractivity contribution in [1.29, 1.82) is 0 Å². The number of allylic oxidation sites excluding steroid dienone is 2. The van der Waals surface area contributed by atoms with Crippen LogP contribution in [0.2, 0.25) is 0 Å². The summed E-state index contributed by atoms with van der Waals surface area (Å²) in [5.74, 6) is -0.0989. The molecule has 0 aromatic rings. The Hall–Kier alpha value is -1.59. The summed E-state index contributed by atoms with van der Waals surface area (Å²) in [6.45, 7) is 10.2. The highest BCUT2D eigenvalue weighted by atomic mass is 16.5. The average molecular weight is 357 g/mol. The molecule has 0 saturated carbocycles. The first-order valence-electron chi connectivity index (χ1n) is 10.1. The van der Waals surface area contributed by atoms with E-state index in [4.69, 9.17) is 4.74 Å². The molecule has 0 spiro atoms. The molecule has 4 rings (SSSR count). The Kier molecular flexibility index (Phi) is 4.93. The van der Waals surface area contributed by atoms with Crippen molar-refractivity contribution < 1.29 is 9.53 Å². The molecule has 3 atom stereocenters. The molecule has 26 heavy (non-hydrogen) atoms. The van der Waals surface area contributed by atoms with Gasteiger partial charge in [0.1, 0.15) is 0 Å². The lowest BCUT2D eigenvalue weighted by Gasteiger charge is -2.54. The molecule has 3 aliphatic heterocycles. The van der Waals surface area contributed by atoms with Crippen LogP contribution in [-0.2, 0) is 9.53 Å². The fraction of sp³-hybridized carbons (Fsp3) is 0.667. The summed E-state index contributed by atoms with van der Waals surface area (Å²) in [6, 6.07) is 1.23. The molecule has 3 heterocycles. The summed E-state index contributed by atoms with van der Waals surface area (Å²) in [4.78, 5) is 19.7. The molecule has 1 fully saturated rings. The number of ether oxygens (including phenoxy) is 1. The van der Waals surface area contributed by atoms with E-state index in [1.165, 1.54) is 24.1 Å². The van der Waals surface area contributed by atoms with Crippen LogP contribution in [0.3, 0.4) is 0 Å². The third kappa shape index (κ3) is 2.91. The van der Waals surface area contributed by atoms with E-state index in [9.17, 15) is 4.79 Å². The third-order valence-corrected chi connectivity index (χ3v) is 6.40. The third-order valence-electron chi connectivity index (χ3n) is 6.40. The highest BCUT2D eigenvalue weighted by molar-refractivity contribution is 5.71. The van der Waals surface area contributed by atoms with Gasteiger partial charge in [-0.05, 0) is 56.9 Å². The zero-order valence-electron chi connectivity index (χ0n) is 16.3. The number of rotatable bonds is 4. The number of fused-ring (bicyclic) bond motifs is 4. The molecule has 5 nitrogen and oxygen atoms in total. The monoisotopic (exact) mass is 357 g/mol. The van der Waals surface area contributed by atoms with Crippen molar-refractivity contribution in [2.24, 2.45) is 0 Å². The number of carbonyl (C=O) groups excluding carboxylic acids is 1. The van der Waals surface area contributed by atoms with E-state index >= 15 is 0 Å². The molecule has 0 bridgehead atoms. The predicted octanol–water partition coefficient (Wildman–Crippen LogP) is 2.52. The average Bonchev–Trinajstić information content (AvgIpc) is 3.00. The summed E-state index contributed by atoms with van der Waals surface area (Å²) in [5, 5.41) is 0. The first kappa shape index (κ1) is 17.8. The van der Waals surface area contributed by atoms with Gasteiger partial charge < -0.3 is 9.64 Å². The van der Waals surface area contributed by atoms with Crippen LogP contribution in [0.1, 0.15) is 40.0 Å². The molecule has 0 radical (unpaired) electrons. The van der Waals surface area contributed by atoms with E-state index in [0.717, 1.165) is 26.1 Å². The quantitative estimate of drug-likeness (QED) is 0.723. The minimum Gasteiger partial charge on any atom is -0.465 e. The lowest BCUT2D eigenvalue weighted by Crippen LogP contribution is -2.67. The van der Waals surface area contributed by atoms with Gasteiger partial charge in [-0.1, -0.05) is 13.0 Å². The molecule has 0 aromatic heterocycles. The van der Waals surface area contributed by atoms with Gasteiger partial charge in [-0.2, -0.15) is 0 Å². The first-order chi connectivity index (χ1) is 12.6. The van der Waals surface area contributed by atoms with Gasteiger partial charge >= 0.3 is 5.97 Å². The van der Waals surface area contributed by atoms with Crippen molar-refractivity contribution in [3.63, 3.8) is 0 Å². The maximum Gasteiger partial charge on any atom is 0.320 e. The van der Waals surface area contributed by atoms with Crippen molar-refractivity contribution >= 4 is 5.97 Å². The highest BCUT2D eigenvalue weighted by Gasteiger charge is 2.49. The van der Waals surface area contributed by atoms with Crippen LogP contribution in [-0.4, -0.2) is 71.6 Å². The summed E-state index contributed by atoms with van der Waals surface area (Å²) in [6.07, 6.45) is 10.5. The van der Waals surface area contributed by atoms with Gasteiger partial charge in [0.05, 0.1) is 31.3 Å². The zero-order valence-corrected chi connectivity index (χ0v) is 16.3. The van der Waals surface area contributed by atoms with Gasteiger partial charge in [0.2, 0.25) is 0 Å². The standard InChI is InChI=1S/C21H31N3O2/c1-4-22-10-11-23(14-19(25)26-5-2)20-15(3)13-24-17-9-7-6-8-16(17)12-18(24)21(20)22/h7,9,13,18,20-21H,4-6,8,10-12,14H2,1-3H3/t18-,20?,21-/m0/s1. The first-order valence-corrected chi connectivity index (χ1v) is 10.1. The Balaban J connectivity index is 1.64. The normalized spacial score (nSPS) is 31.4. The fourth-order valence-electron chi connectivity index (χ4n) is 5.34. The zero-order chi connectivity index (χ0) is 18.3. The van der Waals surface area contributed by atoms with Crippen LogP contribution >= 0.6 is 0 Å². The van der Waals surface area contributed by atoms with Gasteiger partial charge in [-0.3, -0.25) is 14.6 Å². The molecule has 4 aliphatic rings. The Morgan fingerprint density at radius 2 is 2.08 bits per heavy atom. The van der Waals surface area contributed by atoms with E-state index in [-0.39, 0.29) is 5.97 Å². The number of hydrogen-bond acceptors (Lipinski definition) is 5. The van der Waals surface area contributed by atoms with Crippen molar-refractivity contribution in [3.8, 4) is 0 Å². The molecule has 1 aliphatic carbocycles. The molecule has 5 heteroatoms. The largest absolute Gasteiger partial charge is 0.465 e. The minimum atomic E-state index is -0.0989. The molecule has 0 amide bonds. The molecule has 1 saturated heterocycles. The van der Waals surface area contributed by atoms with Crippen LogP contribution in [0.25, 0.3) is 0 Å². The predicted molar refractivity (Wildman–Crippen MR) is 102 cm³/mol. The summed E-state index contributed by atoms with van der Waals surface area (Å²) in [5.41, 5.74) is 4.40. The number of nitrogens with zero attached hydrogens (tertiary/aromatic N) is 3. The Bertz CT molecular complexity index is 666. The van der Waals surface area contributed by atoms with Gasteiger partial charge in [0.15, 0.2) is 0 Å². The molecular weight excluding hydrogens is 326 g/mol. The second-order valence-electron chi connectivity index (χ2n) is 7.82. The summed E-state index contributed by atoms with van der Waals surface area (Å²) in [7, 11) is 0. The maximum absolute atomic E-state index is 12.2. The van der Waals surface area contributed by atoms with Gasteiger partial charge in [0.25, 0.3) is 0 Å². The molecule has 1 unspecified atom stereocenters. The highest BCUT2D eigenvalue weighted by Crippen LogP contribution is 2.43. The van der Waals surface area contributed by atoms with Gasteiger partial charge in [0, 0.05) is 25.0 Å². The Morgan fingerprint density at radius 1 is 1.27 bits per heavy atom. The molecule has 0 aromatic carbocycles. The van der Waals surface area contributed by atoms with Gasteiger partial charge in [-0.15, -0.1) is 0 Å². The van der Waals surface area contributed by atoms with Crippen molar-refractivity contribution in [2.75, 3.05) is 32.8 Å². The van der Waals surface area contributed by atoms with Crippen LogP contribution in [0.5, 0.6) is 0 Å². The smallest absolute Gasteiger partial charge is 0.320 e. The van der Waals surface area contributed by atoms with E-state index in [0.29, 0.717) is 31.3 Å². The molecule has 142 valence electrons. The molecular formula is C21H31N3O2. The lowest BCUT2D eigenvalue weighted by atomic mass is 9.84. The van der Waals surface area contributed by atoms with E-state index in [2.05, 4.69) is 46.9 Å². The van der Waals surface area contributed by atoms with E-state index in [1.54, 1.807) is 5.57 Å². The number of piperazine rings is 1. The van der Waals surface area contributed by atoms with Crippen molar-refractivity contribution in [1.82, 2.24) is 14.7 Å². The van der Waals surface area contributed by atoms with Crippen molar-refractivity contribution in [3.05, 3.63) is 35.2 Å². The number of carbonyl (C=O) groups is 1. The number of esters is 1. The summed E-state index contributed by atoms with van der Waals surface area (Å²) >= 11 is 0. The number of hydrogen-bond donors (Lipinski definition) is 0. The second-order valence-corrected chi connectivity index (χ2v) is 7.82. The van der Waals surface area contributed by atoms with Crippen LogP contribution < -0.4 is 0 Å². The SMILES string of the molecule is CCOC(=O)CN1CCN(CC)[C@@H]2C1C(C)=CN1C3=C(CCC=C3)C[C@@H]21. The van der Waals surface area contributed by atoms with Crippen LogP contribution in [0, 0.1) is 0 Å². The second kappa shape index (κ2) is 7.20. The Morgan fingerprint density at radius 3 is 2.85 bits per heavy atom. The van der Waals surface area contributed by atoms with Crippen LogP contribution in [0.4, 0.5) is 0 Å². The number of likely N-dealkylation sites (N-methyl/N-ethyl adjacent to an activating group) is 1. The minimum absolute atomic E-state index is 0.0989. The van der Waals surface area contributed by atoms with E-state index in [1.807, 2.05) is 6.92 Å². The summed E-state index contributed by atoms with van der Waals surface area (Å²) < 4.78 is 5.24. The Labute approximate surface area is 157 Å².